The number of halogens is 1. The van der Waals surface area contributed by atoms with E-state index in [4.69, 9.17) is 11.6 Å². The van der Waals surface area contributed by atoms with E-state index in [-0.39, 0.29) is 0 Å². The highest BCUT2D eigenvalue weighted by atomic mass is 35.5. The van der Waals surface area contributed by atoms with E-state index >= 15 is 0 Å². The summed E-state index contributed by atoms with van der Waals surface area (Å²) in [7, 11) is 0. The van der Waals surface area contributed by atoms with Crippen LogP contribution >= 0.6 is 22.9 Å². The van der Waals surface area contributed by atoms with Gasteiger partial charge in [-0.05, 0) is 18.2 Å². The zero-order valence-electron chi connectivity index (χ0n) is 10.0. The molecule has 17 heavy (non-hydrogen) atoms. The van der Waals surface area contributed by atoms with E-state index in [9.17, 15) is 0 Å². The first-order valence-electron chi connectivity index (χ1n) is 5.74. The number of rotatable bonds is 4. The van der Waals surface area contributed by atoms with Gasteiger partial charge in [0.1, 0.15) is 0 Å². The lowest BCUT2D eigenvalue weighted by Gasteiger charge is -2.05. The van der Waals surface area contributed by atoms with Crippen LogP contribution in [0.2, 0.25) is 5.02 Å². The van der Waals surface area contributed by atoms with Crippen LogP contribution in [-0.2, 0) is 6.54 Å². The molecule has 0 bridgehead atoms. The normalized spacial score (nSPS) is 11.1. The minimum absolute atomic E-state index is 0.515. The third-order valence-electron chi connectivity index (χ3n) is 2.49. The summed E-state index contributed by atoms with van der Waals surface area (Å²) in [5.41, 5.74) is 1.12. The van der Waals surface area contributed by atoms with Crippen LogP contribution in [-0.4, -0.2) is 6.04 Å². The van der Waals surface area contributed by atoms with Crippen molar-refractivity contribution in [3.8, 4) is 10.4 Å². The van der Waals surface area contributed by atoms with Crippen molar-refractivity contribution < 1.29 is 0 Å². The zero-order chi connectivity index (χ0) is 12.3. The van der Waals surface area contributed by atoms with Gasteiger partial charge in [0, 0.05) is 32.9 Å². The predicted molar refractivity (Wildman–Crippen MR) is 76.7 cm³/mol. The molecule has 3 heteroatoms. The van der Waals surface area contributed by atoms with Crippen molar-refractivity contribution >= 4 is 22.9 Å². The summed E-state index contributed by atoms with van der Waals surface area (Å²) in [4.78, 5) is 2.57. The maximum Gasteiger partial charge on any atom is 0.0492 e. The standard InChI is InChI=1S/C14H16ClNS/c1-10(2)16-9-11-7-8-14(17-11)12-5-3-4-6-13(12)15/h3-8,10,16H,9H2,1-2H3. The molecule has 0 aliphatic rings. The van der Waals surface area contributed by atoms with Crippen LogP contribution in [0.25, 0.3) is 10.4 Å². The molecular formula is C14H16ClNS. The molecule has 1 aromatic carbocycles. The highest BCUT2D eigenvalue weighted by molar-refractivity contribution is 7.15. The van der Waals surface area contributed by atoms with E-state index in [1.165, 1.54) is 9.75 Å². The SMILES string of the molecule is CC(C)NCc1ccc(-c2ccccc2Cl)s1. The molecule has 1 heterocycles. The molecule has 0 radical (unpaired) electrons. The van der Waals surface area contributed by atoms with E-state index in [1.54, 1.807) is 11.3 Å². The van der Waals surface area contributed by atoms with Crippen LogP contribution in [0.4, 0.5) is 0 Å². The molecule has 0 unspecified atom stereocenters. The van der Waals surface area contributed by atoms with Gasteiger partial charge in [0.25, 0.3) is 0 Å². The lowest BCUT2D eigenvalue weighted by molar-refractivity contribution is 0.593. The Morgan fingerprint density at radius 1 is 1.18 bits per heavy atom. The first-order chi connectivity index (χ1) is 8.16. The summed E-state index contributed by atoms with van der Waals surface area (Å²) in [6, 6.07) is 12.8. The smallest absolute Gasteiger partial charge is 0.0492 e. The van der Waals surface area contributed by atoms with Gasteiger partial charge in [-0.15, -0.1) is 11.3 Å². The van der Waals surface area contributed by atoms with Crippen LogP contribution in [0.3, 0.4) is 0 Å². The summed E-state index contributed by atoms with van der Waals surface area (Å²) >= 11 is 7.98. The van der Waals surface area contributed by atoms with Crippen molar-refractivity contribution in [2.24, 2.45) is 0 Å². The third kappa shape index (κ3) is 3.32. The summed E-state index contributed by atoms with van der Waals surface area (Å²) in [6.07, 6.45) is 0. The van der Waals surface area contributed by atoms with Crippen LogP contribution in [0.5, 0.6) is 0 Å². The molecule has 2 aromatic rings. The highest BCUT2D eigenvalue weighted by Gasteiger charge is 2.06. The lowest BCUT2D eigenvalue weighted by Crippen LogP contribution is -2.21. The molecule has 0 spiro atoms. The average molecular weight is 266 g/mol. The Morgan fingerprint density at radius 2 is 1.94 bits per heavy atom. The Labute approximate surface area is 111 Å². The number of hydrogen-bond acceptors (Lipinski definition) is 2. The van der Waals surface area contributed by atoms with Crippen LogP contribution in [0.15, 0.2) is 36.4 Å². The molecule has 1 aromatic heterocycles. The van der Waals surface area contributed by atoms with Gasteiger partial charge >= 0.3 is 0 Å². The molecule has 0 saturated heterocycles. The Balaban J connectivity index is 2.16. The number of hydrogen-bond donors (Lipinski definition) is 1. The maximum absolute atomic E-state index is 6.19. The highest BCUT2D eigenvalue weighted by Crippen LogP contribution is 2.33. The minimum atomic E-state index is 0.515. The average Bonchev–Trinajstić information content (AvgIpc) is 2.75. The van der Waals surface area contributed by atoms with E-state index in [1.807, 2.05) is 18.2 Å². The van der Waals surface area contributed by atoms with E-state index in [0.29, 0.717) is 6.04 Å². The largest absolute Gasteiger partial charge is 0.310 e. The third-order valence-corrected chi connectivity index (χ3v) is 3.93. The second-order valence-electron chi connectivity index (χ2n) is 4.28. The molecule has 0 amide bonds. The molecule has 1 nitrogen and oxygen atoms in total. The zero-order valence-corrected chi connectivity index (χ0v) is 11.6. The summed E-state index contributed by atoms with van der Waals surface area (Å²) < 4.78 is 0. The van der Waals surface area contributed by atoms with Gasteiger partial charge in [-0.2, -0.15) is 0 Å². The Hall–Kier alpha value is -0.830. The van der Waals surface area contributed by atoms with Gasteiger partial charge in [0.05, 0.1) is 0 Å². The molecule has 90 valence electrons. The fourth-order valence-corrected chi connectivity index (χ4v) is 2.88. The second-order valence-corrected chi connectivity index (χ2v) is 5.86. The minimum Gasteiger partial charge on any atom is -0.310 e. The first kappa shape index (κ1) is 12.6. The molecular weight excluding hydrogens is 250 g/mol. The van der Waals surface area contributed by atoms with E-state index < -0.39 is 0 Å². The molecule has 1 N–H and O–H groups in total. The van der Waals surface area contributed by atoms with Gasteiger partial charge in [0.2, 0.25) is 0 Å². The number of nitrogens with one attached hydrogen (secondary N) is 1. The topological polar surface area (TPSA) is 12.0 Å². The Morgan fingerprint density at radius 3 is 2.65 bits per heavy atom. The van der Waals surface area contributed by atoms with Crippen molar-refractivity contribution in [2.45, 2.75) is 26.4 Å². The van der Waals surface area contributed by atoms with Crippen LogP contribution in [0.1, 0.15) is 18.7 Å². The Kier molecular flexibility index (Phi) is 4.21. The summed E-state index contributed by atoms with van der Waals surface area (Å²) in [5, 5.41) is 4.24. The summed E-state index contributed by atoms with van der Waals surface area (Å²) in [5.74, 6) is 0. The summed E-state index contributed by atoms with van der Waals surface area (Å²) in [6.45, 7) is 5.23. The molecule has 0 atom stereocenters. The fourth-order valence-electron chi connectivity index (χ4n) is 1.58. The number of benzene rings is 1. The molecule has 0 aliphatic carbocycles. The van der Waals surface area contributed by atoms with E-state index in [0.717, 1.165) is 17.1 Å². The Bertz CT molecular complexity index is 490. The van der Waals surface area contributed by atoms with Gasteiger partial charge in [-0.25, -0.2) is 0 Å². The van der Waals surface area contributed by atoms with Gasteiger partial charge in [-0.3, -0.25) is 0 Å². The molecule has 0 aliphatic heterocycles. The van der Waals surface area contributed by atoms with Gasteiger partial charge < -0.3 is 5.32 Å². The predicted octanol–water partition coefficient (Wildman–Crippen LogP) is 4.57. The first-order valence-corrected chi connectivity index (χ1v) is 6.93. The molecule has 2 rings (SSSR count). The van der Waals surface area contributed by atoms with Crippen molar-refractivity contribution in [1.29, 1.82) is 0 Å². The van der Waals surface area contributed by atoms with Crippen molar-refractivity contribution in [3.05, 3.63) is 46.3 Å². The molecule has 0 fully saturated rings. The van der Waals surface area contributed by atoms with Crippen molar-refractivity contribution in [3.63, 3.8) is 0 Å². The van der Waals surface area contributed by atoms with Gasteiger partial charge in [-0.1, -0.05) is 43.6 Å². The fraction of sp³-hybridized carbons (Fsp3) is 0.286. The number of thiophene rings is 1. The van der Waals surface area contributed by atoms with Gasteiger partial charge in [0.15, 0.2) is 0 Å². The van der Waals surface area contributed by atoms with Crippen LogP contribution < -0.4 is 5.32 Å². The monoisotopic (exact) mass is 265 g/mol. The molecule has 0 saturated carbocycles. The lowest BCUT2D eigenvalue weighted by atomic mass is 10.2. The van der Waals surface area contributed by atoms with Crippen molar-refractivity contribution in [2.75, 3.05) is 0 Å². The second kappa shape index (κ2) is 5.67. The van der Waals surface area contributed by atoms with E-state index in [2.05, 4.69) is 37.4 Å². The van der Waals surface area contributed by atoms with Crippen molar-refractivity contribution in [1.82, 2.24) is 5.32 Å². The van der Waals surface area contributed by atoms with Crippen LogP contribution in [0, 0.1) is 0 Å². The quantitative estimate of drug-likeness (QED) is 0.854. The maximum atomic E-state index is 6.19.